The molecule has 6 heteroatoms. The number of ether oxygens (including phenoxy) is 1. The van der Waals surface area contributed by atoms with E-state index in [0.29, 0.717) is 25.3 Å². The summed E-state index contributed by atoms with van der Waals surface area (Å²) < 4.78 is 5.11. The Labute approximate surface area is 141 Å². The molecule has 1 aromatic carbocycles. The van der Waals surface area contributed by atoms with Crippen LogP contribution in [0.25, 0.3) is 0 Å². The SMILES string of the molecule is CCCc1nc2c(c(=O)[nH]1)CCN(Cc1ccc(OC)cc1O)C2. The van der Waals surface area contributed by atoms with Crippen LogP contribution in [0.2, 0.25) is 0 Å². The number of aromatic hydroxyl groups is 1. The number of fused-ring (bicyclic) bond motifs is 1. The summed E-state index contributed by atoms with van der Waals surface area (Å²) in [6, 6.07) is 5.34. The molecule has 3 rings (SSSR count). The predicted molar refractivity (Wildman–Crippen MR) is 91.3 cm³/mol. The van der Waals surface area contributed by atoms with Crippen molar-refractivity contribution in [1.29, 1.82) is 0 Å². The topological polar surface area (TPSA) is 78.5 Å². The van der Waals surface area contributed by atoms with Crippen LogP contribution in [-0.2, 0) is 25.9 Å². The highest BCUT2D eigenvalue weighted by molar-refractivity contribution is 5.39. The molecule has 0 radical (unpaired) electrons. The number of hydrogen-bond acceptors (Lipinski definition) is 5. The molecule has 0 amide bonds. The van der Waals surface area contributed by atoms with Crippen LogP contribution in [0.5, 0.6) is 11.5 Å². The minimum absolute atomic E-state index is 0.00426. The zero-order valence-electron chi connectivity index (χ0n) is 14.1. The van der Waals surface area contributed by atoms with E-state index in [4.69, 9.17) is 4.74 Å². The number of benzene rings is 1. The highest BCUT2D eigenvalue weighted by Gasteiger charge is 2.21. The fraction of sp³-hybridized carbons (Fsp3) is 0.444. The molecule has 1 aromatic heterocycles. The van der Waals surface area contributed by atoms with E-state index in [1.54, 1.807) is 13.2 Å². The van der Waals surface area contributed by atoms with Gasteiger partial charge in [0, 0.05) is 43.2 Å². The monoisotopic (exact) mass is 329 g/mol. The second-order valence-electron chi connectivity index (χ2n) is 6.14. The predicted octanol–water partition coefficient (Wildman–Crippen LogP) is 1.99. The lowest BCUT2D eigenvalue weighted by Gasteiger charge is -2.28. The van der Waals surface area contributed by atoms with Crippen molar-refractivity contribution in [2.45, 2.75) is 39.3 Å². The molecule has 6 nitrogen and oxygen atoms in total. The largest absolute Gasteiger partial charge is 0.507 e. The third-order valence-electron chi connectivity index (χ3n) is 4.37. The van der Waals surface area contributed by atoms with E-state index in [0.717, 1.165) is 42.0 Å². The van der Waals surface area contributed by atoms with Crippen molar-refractivity contribution in [3.05, 3.63) is 51.2 Å². The number of H-pyrrole nitrogens is 1. The van der Waals surface area contributed by atoms with E-state index in [2.05, 4.69) is 21.8 Å². The van der Waals surface area contributed by atoms with Crippen molar-refractivity contribution >= 4 is 0 Å². The van der Waals surface area contributed by atoms with Crippen LogP contribution in [0.4, 0.5) is 0 Å². The van der Waals surface area contributed by atoms with Crippen molar-refractivity contribution in [1.82, 2.24) is 14.9 Å². The molecule has 0 bridgehead atoms. The summed E-state index contributed by atoms with van der Waals surface area (Å²) in [4.78, 5) is 21.9. The molecule has 1 aliphatic rings. The van der Waals surface area contributed by atoms with Crippen LogP contribution < -0.4 is 10.3 Å². The number of nitrogens with one attached hydrogen (secondary N) is 1. The minimum Gasteiger partial charge on any atom is -0.507 e. The van der Waals surface area contributed by atoms with Gasteiger partial charge in [-0.25, -0.2) is 4.98 Å². The quantitative estimate of drug-likeness (QED) is 0.877. The molecule has 0 saturated heterocycles. The van der Waals surface area contributed by atoms with Gasteiger partial charge in [-0.05, 0) is 18.9 Å². The Morgan fingerprint density at radius 2 is 2.25 bits per heavy atom. The molecule has 24 heavy (non-hydrogen) atoms. The molecule has 0 aliphatic carbocycles. The highest BCUT2D eigenvalue weighted by atomic mass is 16.5. The fourth-order valence-electron chi connectivity index (χ4n) is 3.08. The number of rotatable bonds is 5. The van der Waals surface area contributed by atoms with Gasteiger partial charge in [0.05, 0.1) is 12.8 Å². The van der Waals surface area contributed by atoms with E-state index >= 15 is 0 Å². The average Bonchev–Trinajstić information content (AvgIpc) is 2.56. The summed E-state index contributed by atoms with van der Waals surface area (Å²) in [6.45, 7) is 4.09. The number of phenolic OH excluding ortho intramolecular Hbond substituents is 1. The van der Waals surface area contributed by atoms with Crippen molar-refractivity contribution in [2.75, 3.05) is 13.7 Å². The maximum Gasteiger partial charge on any atom is 0.254 e. The summed E-state index contributed by atoms with van der Waals surface area (Å²) in [6.07, 6.45) is 2.41. The second-order valence-corrected chi connectivity index (χ2v) is 6.14. The summed E-state index contributed by atoms with van der Waals surface area (Å²) in [5.74, 6) is 1.62. The molecule has 0 spiro atoms. The van der Waals surface area contributed by atoms with Crippen LogP contribution in [0, 0.1) is 0 Å². The number of hydrogen-bond donors (Lipinski definition) is 2. The van der Waals surface area contributed by atoms with Crippen molar-refractivity contribution in [3.63, 3.8) is 0 Å². The Kier molecular flexibility index (Phi) is 4.85. The first-order valence-corrected chi connectivity index (χ1v) is 8.30. The van der Waals surface area contributed by atoms with Gasteiger partial charge in [0.25, 0.3) is 5.56 Å². The first-order chi connectivity index (χ1) is 11.6. The highest BCUT2D eigenvalue weighted by Crippen LogP contribution is 2.26. The van der Waals surface area contributed by atoms with Gasteiger partial charge in [0.1, 0.15) is 17.3 Å². The first-order valence-electron chi connectivity index (χ1n) is 8.30. The summed E-state index contributed by atoms with van der Waals surface area (Å²) >= 11 is 0. The molecule has 0 fully saturated rings. The maximum atomic E-state index is 12.2. The van der Waals surface area contributed by atoms with Gasteiger partial charge in [0.2, 0.25) is 0 Å². The Hall–Kier alpha value is -2.34. The van der Waals surface area contributed by atoms with Crippen molar-refractivity contribution in [3.8, 4) is 11.5 Å². The molecule has 0 unspecified atom stereocenters. The summed E-state index contributed by atoms with van der Waals surface area (Å²) in [5, 5.41) is 10.1. The van der Waals surface area contributed by atoms with E-state index in [9.17, 15) is 9.90 Å². The number of methoxy groups -OCH3 is 1. The third kappa shape index (κ3) is 3.43. The van der Waals surface area contributed by atoms with Crippen molar-refractivity contribution in [2.24, 2.45) is 0 Å². The Morgan fingerprint density at radius 1 is 1.42 bits per heavy atom. The summed E-state index contributed by atoms with van der Waals surface area (Å²) in [7, 11) is 1.58. The molecule has 1 aliphatic heterocycles. The van der Waals surface area contributed by atoms with E-state index < -0.39 is 0 Å². The van der Waals surface area contributed by atoms with Crippen molar-refractivity contribution < 1.29 is 9.84 Å². The lowest BCUT2D eigenvalue weighted by molar-refractivity contribution is 0.237. The van der Waals surface area contributed by atoms with Gasteiger partial charge in [-0.1, -0.05) is 13.0 Å². The van der Waals surface area contributed by atoms with Gasteiger partial charge >= 0.3 is 0 Å². The van der Waals surface area contributed by atoms with E-state index in [1.165, 1.54) is 0 Å². The zero-order chi connectivity index (χ0) is 17.1. The van der Waals surface area contributed by atoms with Gasteiger partial charge in [-0.3, -0.25) is 9.69 Å². The number of phenols is 1. The standard InChI is InChI=1S/C18H23N3O3/c1-3-4-17-19-15-11-21(8-7-14(15)18(23)20-17)10-12-5-6-13(24-2)9-16(12)22/h5-6,9,22H,3-4,7-8,10-11H2,1-2H3,(H,19,20,23). The summed E-state index contributed by atoms with van der Waals surface area (Å²) in [5.41, 5.74) is 2.50. The van der Waals surface area contributed by atoms with E-state index in [1.807, 2.05) is 12.1 Å². The Balaban J connectivity index is 1.78. The smallest absolute Gasteiger partial charge is 0.254 e. The van der Waals surface area contributed by atoms with Crippen LogP contribution in [-0.4, -0.2) is 33.6 Å². The molecular weight excluding hydrogens is 306 g/mol. The lowest BCUT2D eigenvalue weighted by Crippen LogP contribution is -2.35. The molecule has 2 heterocycles. The van der Waals surface area contributed by atoms with Crippen LogP contribution >= 0.6 is 0 Å². The molecule has 2 aromatic rings. The zero-order valence-corrected chi connectivity index (χ0v) is 14.1. The lowest BCUT2D eigenvalue weighted by atomic mass is 10.0. The molecule has 2 N–H and O–H groups in total. The second kappa shape index (κ2) is 7.05. The fourth-order valence-corrected chi connectivity index (χ4v) is 3.08. The normalized spacial score (nSPS) is 14.4. The Bertz CT molecular complexity index is 786. The van der Waals surface area contributed by atoms with Gasteiger partial charge < -0.3 is 14.8 Å². The molecule has 128 valence electrons. The number of aromatic amines is 1. The van der Waals surface area contributed by atoms with Gasteiger partial charge in [-0.2, -0.15) is 0 Å². The third-order valence-corrected chi connectivity index (χ3v) is 4.37. The average molecular weight is 329 g/mol. The van der Waals surface area contributed by atoms with Crippen LogP contribution in [0.15, 0.2) is 23.0 Å². The van der Waals surface area contributed by atoms with Crippen LogP contribution in [0.3, 0.4) is 0 Å². The Morgan fingerprint density at radius 3 is 2.96 bits per heavy atom. The maximum absolute atomic E-state index is 12.2. The molecular formula is C18H23N3O3. The van der Waals surface area contributed by atoms with Crippen LogP contribution in [0.1, 0.15) is 36.0 Å². The van der Waals surface area contributed by atoms with Gasteiger partial charge in [0.15, 0.2) is 0 Å². The van der Waals surface area contributed by atoms with E-state index in [-0.39, 0.29) is 11.3 Å². The minimum atomic E-state index is -0.00426. The number of aromatic nitrogens is 2. The number of aryl methyl sites for hydroxylation is 1. The molecule has 0 atom stereocenters. The molecule has 0 saturated carbocycles. The first kappa shape index (κ1) is 16.5. The van der Waals surface area contributed by atoms with Gasteiger partial charge in [-0.15, -0.1) is 0 Å². The number of nitrogens with zero attached hydrogens (tertiary/aromatic N) is 2.